The molecule has 0 radical (unpaired) electrons. The Morgan fingerprint density at radius 3 is 2.94 bits per heavy atom. The summed E-state index contributed by atoms with van der Waals surface area (Å²) in [6.07, 6.45) is 6.95. The van der Waals surface area contributed by atoms with Crippen LogP contribution in [0.5, 0.6) is 0 Å². The summed E-state index contributed by atoms with van der Waals surface area (Å²) in [6, 6.07) is 2.62. The third-order valence-electron chi connectivity index (χ3n) is 3.44. The smallest absolute Gasteiger partial charge is 0.126 e. The molecule has 3 N–H and O–H groups in total. The van der Waals surface area contributed by atoms with Gasteiger partial charge in [0.1, 0.15) is 5.82 Å². The molecule has 2 atom stereocenters. The SMILES string of the molecule is Cc1cc(NC2CCCC(C)C2)ncc1N. The minimum absolute atomic E-state index is 0.583. The normalized spacial score (nSPS) is 25.4. The van der Waals surface area contributed by atoms with Crippen molar-refractivity contribution in [1.82, 2.24) is 4.98 Å². The van der Waals surface area contributed by atoms with Crippen molar-refractivity contribution in [3.63, 3.8) is 0 Å². The molecule has 0 aromatic carbocycles. The third kappa shape index (κ3) is 2.65. The predicted molar refractivity (Wildman–Crippen MR) is 68.4 cm³/mol. The molecule has 2 rings (SSSR count). The van der Waals surface area contributed by atoms with Gasteiger partial charge in [0.15, 0.2) is 0 Å². The topological polar surface area (TPSA) is 50.9 Å². The molecule has 0 amide bonds. The van der Waals surface area contributed by atoms with E-state index < -0.39 is 0 Å². The van der Waals surface area contributed by atoms with Gasteiger partial charge in [-0.2, -0.15) is 0 Å². The Hall–Kier alpha value is -1.25. The third-order valence-corrected chi connectivity index (χ3v) is 3.44. The number of nitrogen functional groups attached to an aromatic ring is 1. The molecule has 88 valence electrons. The number of hydrogen-bond acceptors (Lipinski definition) is 3. The molecule has 1 aromatic heterocycles. The van der Waals surface area contributed by atoms with Crippen molar-refractivity contribution in [3.8, 4) is 0 Å². The number of hydrogen-bond donors (Lipinski definition) is 2. The van der Waals surface area contributed by atoms with Crippen LogP contribution in [0.4, 0.5) is 11.5 Å². The van der Waals surface area contributed by atoms with Gasteiger partial charge in [-0.3, -0.25) is 0 Å². The van der Waals surface area contributed by atoms with Crippen LogP contribution in [-0.4, -0.2) is 11.0 Å². The fraction of sp³-hybridized carbons (Fsp3) is 0.615. The summed E-state index contributed by atoms with van der Waals surface area (Å²) in [6.45, 7) is 4.35. The number of rotatable bonds is 2. The maximum Gasteiger partial charge on any atom is 0.126 e. The first-order valence-electron chi connectivity index (χ1n) is 6.14. The number of nitrogens with zero attached hydrogens (tertiary/aromatic N) is 1. The quantitative estimate of drug-likeness (QED) is 0.804. The molecule has 1 fully saturated rings. The van der Waals surface area contributed by atoms with E-state index in [1.807, 2.05) is 13.0 Å². The van der Waals surface area contributed by atoms with E-state index in [0.717, 1.165) is 23.0 Å². The van der Waals surface area contributed by atoms with Crippen molar-refractivity contribution in [2.75, 3.05) is 11.1 Å². The molecule has 3 heteroatoms. The molecule has 0 bridgehead atoms. The standard InChI is InChI=1S/C13H21N3/c1-9-4-3-5-11(6-9)16-13-7-10(2)12(14)8-15-13/h7-9,11H,3-6,14H2,1-2H3,(H,15,16). The fourth-order valence-electron chi connectivity index (χ4n) is 2.42. The summed E-state index contributed by atoms with van der Waals surface area (Å²) in [5, 5.41) is 3.51. The Labute approximate surface area is 97.5 Å². The number of nitrogens with one attached hydrogen (secondary N) is 1. The number of nitrogens with two attached hydrogens (primary N) is 1. The van der Waals surface area contributed by atoms with Crippen molar-refractivity contribution in [1.29, 1.82) is 0 Å². The van der Waals surface area contributed by atoms with E-state index in [4.69, 9.17) is 5.73 Å². The summed E-state index contributed by atoms with van der Waals surface area (Å²) in [7, 11) is 0. The zero-order valence-corrected chi connectivity index (χ0v) is 10.2. The lowest BCUT2D eigenvalue weighted by molar-refractivity contribution is 0.358. The Bertz CT molecular complexity index is 362. The molecule has 1 aliphatic rings. The van der Waals surface area contributed by atoms with Crippen LogP contribution in [0.25, 0.3) is 0 Å². The average molecular weight is 219 g/mol. The van der Waals surface area contributed by atoms with Crippen LogP contribution in [0.15, 0.2) is 12.3 Å². The second-order valence-corrected chi connectivity index (χ2v) is 5.04. The van der Waals surface area contributed by atoms with Gasteiger partial charge in [-0.1, -0.05) is 19.8 Å². The van der Waals surface area contributed by atoms with Crippen LogP contribution >= 0.6 is 0 Å². The van der Waals surface area contributed by atoms with E-state index in [-0.39, 0.29) is 0 Å². The zero-order chi connectivity index (χ0) is 11.5. The molecule has 3 nitrogen and oxygen atoms in total. The van der Waals surface area contributed by atoms with Gasteiger partial charge in [0.25, 0.3) is 0 Å². The highest BCUT2D eigenvalue weighted by molar-refractivity contribution is 5.51. The highest BCUT2D eigenvalue weighted by Crippen LogP contribution is 2.26. The fourth-order valence-corrected chi connectivity index (χ4v) is 2.42. The van der Waals surface area contributed by atoms with Gasteiger partial charge in [-0.15, -0.1) is 0 Å². The van der Waals surface area contributed by atoms with Gasteiger partial charge in [-0.05, 0) is 37.3 Å². The van der Waals surface area contributed by atoms with Gasteiger partial charge in [0.2, 0.25) is 0 Å². The Morgan fingerprint density at radius 1 is 1.44 bits per heavy atom. The second-order valence-electron chi connectivity index (χ2n) is 5.04. The number of aromatic nitrogens is 1. The second kappa shape index (κ2) is 4.73. The van der Waals surface area contributed by atoms with Crippen LogP contribution < -0.4 is 11.1 Å². The first-order valence-corrected chi connectivity index (χ1v) is 6.14. The molecule has 0 spiro atoms. The van der Waals surface area contributed by atoms with Crippen LogP contribution in [0, 0.1) is 12.8 Å². The summed E-state index contributed by atoms with van der Waals surface area (Å²) in [5.41, 5.74) is 7.62. The van der Waals surface area contributed by atoms with Gasteiger partial charge in [-0.25, -0.2) is 4.98 Å². The highest BCUT2D eigenvalue weighted by Gasteiger charge is 2.18. The molecular weight excluding hydrogens is 198 g/mol. The van der Waals surface area contributed by atoms with E-state index in [1.54, 1.807) is 6.20 Å². The van der Waals surface area contributed by atoms with Crippen molar-refractivity contribution in [2.24, 2.45) is 5.92 Å². The van der Waals surface area contributed by atoms with E-state index in [9.17, 15) is 0 Å². The van der Waals surface area contributed by atoms with Gasteiger partial charge >= 0.3 is 0 Å². The molecular formula is C13H21N3. The number of pyridine rings is 1. The Morgan fingerprint density at radius 2 is 2.25 bits per heavy atom. The molecule has 1 saturated carbocycles. The molecule has 0 aliphatic heterocycles. The lowest BCUT2D eigenvalue weighted by Crippen LogP contribution is -2.26. The molecule has 16 heavy (non-hydrogen) atoms. The predicted octanol–water partition coefficient (Wildman–Crippen LogP) is 2.96. The minimum atomic E-state index is 0.583. The van der Waals surface area contributed by atoms with Crippen LogP contribution in [0.2, 0.25) is 0 Å². The molecule has 0 saturated heterocycles. The van der Waals surface area contributed by atoms with Crippen LogP contribution in [-0.2, 0) is 0 Å². The van der Waals surface area contributed by atoms with Crippen LogP contribution in [0.3, 0.4) is 0 Å². The molecule has 1 aliphatic carbocycles. The van der Waals surface area contributed by atoms with Crippen molar-refractivity contribution >= 4 is 11.5 Å². The monoisotopic (exact) mass is 219 g/mol. The van der Waals surface area contributed by atoms with Crippen molar-refractivity contribution < 1.29 is 0 Å². The number of anilines is 2. The number of aryl methyl sites for hydroxylation is 1. The summed E-state index contributed by atoms with van der Waals surface area (Å²) >= 11 is 0. The zero-order valence-electron chi connectivity index (χ0n) is 10.2. The molecule has 1 aromatic rings. The summed E-state index contributed by atoms with van der Waals surface area (Å²) in [4.78, 5) is 4.32. The van der Waals surface area contributed by atoms with E-state index in [2.05, 4.69) is 17.2 Å². The average Bonchev–Trinajstić information content (AvgIpc) is 2.24. The minimum Gasteiger partial charge on any atom is -0.397 e. The van der Waals surface area contributed by atoms with Crippen molar-refractivity contribution in [2.45, 2.75) is 45.6 Å². The first-order chi connectivity index (χ1) is 7.65. The van der Waals surface area contributed by atoms with E-state index in [1.165, 1.54) is 25.7 Å². The molecule has 1 heterocycles. The largest absolute Gasteiger partial charge is 0.397 e. The summed E-state index contributed by atoms with van der Waals surface area (Å²) in [5.74, 6) is 1.80. The van der Waals surface area contributed by atoms with E-state index >= 15 is 0 Å². The highest BCUT2D eigenvalue weighted by atomic mass is 15.0. The van der Waals surface area contributed by atoms with Crippen LogP contribution in [0.1, 0.15) is 38.2 Å². The molecule has 2 unspecified atom stereocenters. The maximum atomic E-state index is 5.75. The Balaban J connectivity index is 2.00. The Kier molecular flexibility index (Phi) is 3.32. The van der Waals surface area contributed by atoms with Crippen molar-refractivity contribution in [3.05, 3.63) is 17.8 Å². The van der Waals surface area contributed by atoms with Gasteiger partial charge in [0.05, 0.1) is 11.9 Å². The van der Waals surface area contributed by atoms with Gasteiger partial charge in [0, 0.05) is 6.04 Å². The van der Waals surface area contributed by atoms with Gasteiger partial charge < -0.3 is 11.1 Å². The lowest BCUT2D eigenvalue weighted by atomic mass is 9.87. The summed E-state index contributed by atoms with van der Waals surface area (Å²) < 4.78 is 0. The first kappa shape index (κ1) is 11.2. The van der Waals surface area contributed by atoms with E-state index in [0.29, 0.717) is 6.04 Å². The lowest BCUT2D eigenvalue weighted by Gasteiger charge is -2.28. The maximum absolute atomic E-state index is 5.75.